The molecule has 0 saturated carbocycles. The molecule has 0 radical (unpaired) electrons. The molecule has 3 aromatic rings. The second kappa shape index (κ2) is 6.26. The summed E-state index contributed by atoms with van der Waals surface area (Å²) >= 11 is 12.4. The fraction of sp³-hybridized carbons (Fsp3) is 0.167. The number of rotatable bonds is 4. The zero-order valence-corrected chi connectivity index (χ0v) is 14.3. The summed E-state index contributed by atoms with van der Waals surface area (Å²) < 4.78 is 7.55. The molecule has 5 heteroatoms. The van der Waals surface area contributed by atoms with Crippen LogP contribution in [0.3, 0.4) is 0 Å². The van der Waals surface area contributed by atoms with Crippen molar-refractivity contribution in [3.63, 3.8) is 0 Å². The summed E-state index contributed by atoms with van der Waals surface area (Å²) in [4.78, 5) is 11.7. The fourth-order valence-electron chi connectivity index (χ4n) is 2.75. The van der Waals surface area contributed by atoms with Crippen LogP contribution in [0.4, 0.5) is 0 Å². The van der Waals surface area contributed by atoms with Crippen molar-refractivity contribution >= 4 is 35.0 Å². The van der Waals surface area contributed by atoms with Gasteiger partial charge in [-0.3, -0.25) is 4.79 Å². The summed E-state index contributed by atoms with van der Waals surface area (Å²) in [5.74, 6) is 0.537. The molecule has 2 aromatic heterocycles. The Morgan fingerprint density at radius 1 is 1.22 bits per heavy atom. The fourth-order valence-corrected chi connectivity index (χ4v) is 3.30. The molecule has 0 aliphatic rings. The molecule has 0 saturated heterocycles. The Labute approximate surface area is 144 Å². The van der Waals surface area contributed by atoms with Crippen molar-refractivity contribution in [2.45, 2.75) is 13.8 Å². The van der Waals surface area contributed by atoms with Gasteiger partial charge in [-0.15, -0.1) is 0 Å². The number of nitrogens with zero attached hydrogens (tertiary/aromatic N) is 1. The number of pyridine rings is 1. The van der Waals surface area contributed by atoms with E-state index in [1.165, 1.54) is 0 Å². The van der Waals surface area contributed by atoms with Crippen molar-refractivity contribution in [3.05, 3.63) is 57.8 Å². The van der Waals surface area contributed by atoms with E-state index in [4.69, 9.17) is 27.9 Å². The van der Waals surface area contributed by atoms with Crippen LogP contribution in [0, 0.1) is 6.92 Å². The van der Waals surface area contributed by atoms with E-state index in [1.54, 1.807) is 12.1 Å². The Hall–Kier alpha value is -1.97. The van der Waals surface area contributed by atoms with Crippen LogP contribution in [0.1, 0.15) is 23.0 Å². The lowest BCUT2D eigenvalue weighted by molar-refractivity contribution is 0.111. The van der Waals surface area contributed by atoms with Crippen LogP contribution in [0.2, 0.25) is 10.0 Å². The first kappa shape index (κ1) is 15.9. The normalized spacial score (nSPS) is 11.0. The topological polar surface area (TPSA) is 30.7 Å². The number of carbonyl (C=O) groups excluding carboxylic acids is 1. The number of aldehydes is 1. The molecule has 0 aliphatic carbocycles. The van der Waals surface area contributed by atoms with Crippen LogP contribution in [-0.2, 0) is 0 Å². The van der Waals surface area contributed by atoms with Gasteiger partial charge in [-0.05, 0) is 43.7 Å². The first-order valence-electron chi connectivity index (χ1n) is 7.25. The van der Waals surface area contributed by atoms with Crippen molar-refractivity contribution < 1.29 is 9.53 Å². The number of halogens is 2. The molecular weight excluding hydrogens is 333 g/mol. The third kappa shape index (κ3) is 2.71. The number of hydrogen-bond donors (Lipinski definition) is 0. The maximum absolute atomic E-state index is 11.7. The lowest BCUT2D eigenvalue weighted by Gasteiger charge is -2.12. The molecule has 0 bridgehead atoms. The predicted molar refractivity (Wildman–Crippen MR) is 94.1 cm³/mol. The molecule has 0 atom stereocenters. The number of hydrogen-bond acceptors (Lipinski definition) is 2. The largest absolute Gasteiger partial charge is 0.492 e. The Bertz CT molecular complexity index is 900. The van der Waals surface area contributed by atoms with E-state index in [0.717, 1.165) is 28.5 Å². The maximum atomic E-state index is 11.7. The van der Waals surface area contributed by atoms with Crippen LogP contribution in [0.25, 0.3) is 16.6 Å². The first-order valence-corrected chi connectivity index (χ1v) is 8.00. The summed E-state index contributed by atoms with van der Waals surface area (Å²) in [5.41, 5.74) is 4.05. The summed E-state index contributed by atoms with van der Waals surface area (Å²) in [6.45, 7) is 4.36. The Morgan fingerprint density at radius 2 is 2.00 bits per heavy atom. The molecule has 23 heavy (non-hydrogen) atoms. The van der Waals surface area contributed by atoms with Gasteiger partial charge in [-0.25, -0.2) is 0 Å². The Morgan fingerprint density at radius 3 is 2.70 bits per heavy atom. The molecule has 3 nitrogen and oxygen atoms in total. The number of aromatic nitrogens is 1. The minimum atomic E-state index is 0.429. The van der Waals surface area contributed by atoms with Gasteiger partial charge in [0.2, 0.25) is 0 Å². The van der Waals surface area contributed by atoms with Gasteiger partial charge in [-0.1, -0.05) is 29.3 Å². The molecule has 0 aliphatic heterocycles. The number of benzene rings is 1. The third-order valence-electron chi connectivity index (χ3n) is 3.76. The van der Waals surface area contributed by atoms with E-state index < -0.39 is 0 Å². The van der Waals surface area contributed by atoms with Crippen molar-refractivity contribution in [1.29, 1.82) is 0 Å². The number of carbonyl (C=O) groups is 1. The van der Waals surface area contributed by atoms with Crippen LogP contribution >= 0.6 is 23.2 Å². The average molecular weight is 348 g/mol. The molecule has 118 valence electrons. The standard InChI is InChI=1S/C18H15Cl2NO2/c1-3-23-18-14(7-12(19)8-15(18)20)13-9-16-11(2)5-4-6-21(16)17(13)10-22/h4-10H,3H2,1-2H3. The van der Waals surface area contributed by atoms with E-state index in [9.17, 15) is 4.79 Å². The second-order valence-electron chi connectivity index (χ2n) is 5.20. The van der Waals surface area contributed by atoms with Gasteiger partial charge in [0.25, 0.3) is 0 Å². The lowest BCUT2D eigenvalue weighted by atomic mass is 10.0. The van der Waals surface area contributed by atoms with Crippen LogP contribution in [0.5, 0.6) is 5.75 Å². The van der Waals surface area contributed by atoms with Gasteiger partial charge in [0.15, 0.2) is 6.29 Å². The minimum absolute atomic E-state index is 0.429. The number of fused-ring (bicyclic) bond motifs is 1. The molecular formula is C18H15Cl2NO2. The van der Waals surface area contributed by atoms with Crippen LogP contribution in [0.15, 0.2) is 36.5 Å². The molecule has 1 aromatic carbocycles. The van der Waals surface area contributed by atoms with E-state index in [-0.39, 0.29) is 0 Å². The number of aryl methyl sites for hydroxylation is 1. The summed E-state index contributed by atoms with van der Waals surface area (Å²) in [6.07, 6.45) is 2.70. The smallest absolute Gasteiger partial charge is 0.167 e. The van der Waals surface area contributed by atoms with Crippen molar-refractivity contribution in [2.75, 3.05) is 6.61 Å². The van der Waals surface area contributed by atoms with E-state index in [1.807, 2.05) is 42.6 Å². The molecule has 3 rings (SSSR count). The molecule has 0 fully saturated rings. The molecule has 0 spiro atoms. The molecule has 0 unspecified atom stereocenters. The van der Waals surface area contributed by atoms with Crippen LogP contribution in [-0.4, -0.2) is 17.3 Å². The highest BCUT2D eigenvalue weighted by Gasteiger charge is 2.19. The Kier molecular flexibility index (Phi) is 4.33. The zero-order valence-electron chi connectivity index (χ0n) is 12.8. The molecule has 0 N–H and O–H groups in total. The summed E-state index contributed by atoms with van der Waals surface area (Å²) in [7, 11) is 0. The van der Waals surface area contributed by atoms with Gasteiger partial charge in [-0.2, -0.15) is 0 Å². The predicted octanol–water partition coefficient (Wildman–Crippen LogP) is 5.43. The van der Waals surface area contributed by atoms with E-state index in [2.05, 4.69) is 0 Å². The first-order chi connectivity index (χ1) is 11.1. The number of ether oxygens (including phenoxy) is 1. The summed E-state index contributed by atoms with van der Waals surface area (Å²) in [5, 5.41) is 0.926. The lowest BCUT2D eigenvalue weighted by Crippen LogP contribution is -1.97. The highest BCUT2D eigenvalue weighted by molar-refractivity contribution is 6.36. The van der Waals surface area contributed by atoms with Crippen molar-refractivity contribution in [1.82, 2.24) is 4.40 Å². The zero-order chi connectivity index (χ0) is 16.6. The van der Waals surface area contributed by atoms with Gasteiger partial charge in [0, 0.05) is 27.9 Å². The quantitative estimate of drug-likeness (QED) is 0.589. The van der Waals surface area contributed by atoms with E-state index >= 15 is 0 Å². The SMILES string of the molecule is CCOc1c(Cl)cc(Cl)cc1-c1cc2c(C)cccn2c1C=O. The van der Waals surface area contributed by atoms with Gasteiger partial charge in [0.1, 0.15) is 5.75 Å². The highest BCUT2D eigenvalue weighted by Crippen LogP contribution is 2.41. The van der Waals surface area contributed by atoms with Gasteiger partial charge in [0.05, 0.1) is 17.3 Å². The minimum Gasteiger partial charge on any atom is -0.492 e. The van der Waals surface area contributed by atoms with Crippen molar-refractivity contribution in [3.8, 4) is 16.9 Å². The van der Waals surface area contributed by atoms with Crippen molar-refractivity contribution in [2.24, 2.45) is 0 Å². The third-order valence-corrected chi connectivity index (χ3v) is 4.26. The monoisotopic (exact) mass is 347 g/mol. The highest BCUT2D eigenvalue weighted by atomic mass is 35.5. The Balaban J connectivity index is 2.37. The molecule has 2 heterocycles. The van der Waals surface area contributed by atoms with Gasteiger partial charge >= 0.3 is 0 Å². The van der Waals surface area contributed by atoms with E-state index in [0.29, 0.717) is 28.1 Å². The average Bonchev–Trinajstić information content (AvgIpc) is 2.89. The summed E-state index contributed by atoms with van der Waals surface area (Å²) in [6, 6.07) is 9.29. The van der Waals surface area contributed by atoms with Gasteiger partial charge < -0.3 is 9.14 Å². The second-order valence-corrected chi connectivity index (χ2v) is 6.05. The molecule has 0 amide bonds. The maximum Gasteiger partial charge on any atom is 0.167 e. The van der Waals surface area contributed by atoms with Crippen LogP contribution < -0.4 is 4.74 Å².